The lowest BCUT2D eigenvalue weighted by molar-refractivity contribution is 0.152. The zero-order chi connectivity index (χ0) is 11.3. The predicted molar refractivity (Wildman–Crippen MR) is 67.0 cm³/mol. The van der Waals surface area contributed by atoms with Crippen LogP contribution in [-0.2, 0) is 0 Å². The Morgan fingerprint density at radius 3 is 2.33 bits per heavy atom. The van der Waals surface area contributed by atoms with Gasteiger partial charge in [0.25, 0.3) is 0 Å². The van der Waals surface area contributed by atoms with Gasteiger partial charge < -0.3 is 0 Å². The first-order chi connectivity index (χ1) is 7.16. The highest BCUT2D eigenvalue weighted by Crippen LogP contribution is 2.27. The summed E-state index contributed by atoms with van der Waals surface area (Å²) < 4.78 is 0. The summed E-state index contributed by atoms with van der Waals surface area (Å²) in [5.74, 6) is 0. The van der Waals surface area contributed by atoms with Gasteiger partial charge in [0.1, 0.15) is 0 Å². The molecule has 0 amide bonds. The predicted octanol–water partition coefficient (Wildman–Crippen LogP) is 2.94. The first-order valence-electron chi connectivity index (χ1n) is 6.63. The maximum Gasteiger partial charge on any atom is 0.0512 e. The monoisotopic (exact) mass is 212 g/mol. The zero-order valence-electron chi connectivity index (χ0n) is 11.1. The van der Waals surface area contributed by atoms with Crippen LogP contribution < -0.4 is 0 Å². The standard InChI is InChI=1S/C13H28N2/c1-5-8-10-15-12-14(9-6-2)11-13(15,4)7-3/h5-12H2,1-4H3. The molecule has 0 radical (unpaired) electrons. The van der Waals surface area contributed by atoms with Gasteiger partial charge >= 0.3 is 0 Å². The quantitative estimate of drug-likeness (QED) is 0.668. The molecule has 0 N–H and O–H groups in total. The minimum Gasteiger partial charge on any atom is -0.289 e. The van der Waals surface area contributed by atoms with Gasteiger partial charge in [-0.1, -0.05) is 27.2 Å². The Morgan fingerprint density at radius 2 is 1.80 bits per heavy atom. The van der Waals surface area contributed by atoms with Gasteiger partial charge in [0.2, 0.25) is 0 Å². The summed E-state index contributed by atoms with van der Waals surface area (Å²) in [6.07, 6.45) is 5.21. The molecule has 0 aliphatic carbocycles. The minimum absolute atomic E-state index is 0.435. The summed E-state index contributed by atoms with van der Waals surface area (Å²) in [5, 5.41) is 0. The Hall–Kier alpha value is -0.0800. The average Bonchev–Trinajstić information content (AvgIpc) is 2.54. The van der Waals surface area contributed by atoms with Crippen molar-refractivity contribution in [3.63, 3.8) is 0 Å². The van der Waals surface area contributed by atoms with E-state index in [1.165, 1.54) is 52.0 Å². The molecule has 0 saturated carbocycles. The van der Waals surface area contributed by atoms with E-state index in [1.807, 2.05) is 0 Å². The first kappa shape index (κ1) is 13.0. The molecule has 0 bridgehead atoms. The van der Waals surface area contributed by atoms with Gasteiger partial charge in [-0.3, -0.25) is 9.80 Å². The van der Waals surface area contributed by atoms with E-state index < -0.39 is 0 Å². The summed E-state index contributed by atoms with van der Waals surface area (Å²) in [6.45, 7) is 14.3. The van der Waals surface area contributed by atoms with Crippen molar-refractivity contribution in [2.24, 2.45) is 0 Å². The molecule has 1 heterocycles. The van der Waals surface area contributed by atoms with Crippen LogP contribution in [0.1, 0.15) is 53.4 Å². The maximum absolute atomic E-state index is 2.69. The molecule has 1 rings (SSSR count). The van der Waals surface area contributed by atoms with Crippen molar-refractivity contribution in [2.75, 3.05) is 26.3 Å². The van der Waals surface area contributed by atoms with Crippen molar-refractivity contribution in [3.8, 4) is 0 Å². The SMILES string of the molecule is CCCCN1CN(CCC)CC1(C)CC. The fourth-order valence-corrected chi connectivity index (χ4v) is 2.53. The lowest BCUT2D eigenvalue weighted by Crippen LogP contribution is -2.42. The Morgan fingerprint density at radius 1 is 1.07 bits per heavy atom. The Labute approximate surface area is 95.6 Å². The molecule has 1 atom stereocenters. The Bertz CT molecular complexity index is 181. The minimum atomic E-state index is 0.435. The van der Waals surface area contributed by atoms with Crippen LogP contribution in [0.4, 0.5) is 0 Å². The van der Waals surface area contributed by atoms with Gasteiger partial charge in [0.05, 0.1) is 6.67 Å². The first-order valence-corrected chi connectivity index (χ1v) is 6.63. The van der Waals surface area contributed by atoms with Gasteiger partial charge in [-0.05, 0) is 39.3 Å². The Kier molecular flexibility index (Phi) is 5.07. The van der Waals surface area contributed by atoms with Crippen LogP contribution in [0.25, 0.3) is 0 Å². The fourth-order valence-electron chi connectivity index (χ4n) is 2.53. The van der Waals surface area contributed by atoms with Gasteiger partial charge in [-0.2, -0.15) is 0 Å². The third-order valence-electron chi connectivity index (χ3n) is 3.78. The lowest BCUT2D eigenvalue weighted by Gasteiger charge is -2.33. The van der Waals surface area contributed by atoms with E-state index in [2.05, 4.69) is 37.5 Å². The van der Waals surface area contributed by atoms with Gasteiger partial charge in [0, 0.05) is 12.1 Å². The van der Waals surface area contributed by atoms with Crippen molar-refractivity contribution in [3.05, 3.63) is 0 Å². The van der Waals surface area contributed by atoms with E-state index >= 15 is 0 Å². The van der Waals surface area contributed by atoms with Crippen molar-refractivity contribution in [1.82, 2.24) is 9.80 Å². The van der Waals surface area contributed by atoms with E-state index in [0.717, 1.165) is 0 Å². The highest BCUT2D eigenvalue weighted by atomic mass is 15.4. The van der Waals surface area contributed by atoms with Crippen LogP contribution in [0.15, 0.2) is 0 Å². The molecule has 0 aromatic carbocycles. The second-order valence-electron chi connectivity index (χ2n) is 5.16. The van der Waals surface area contributed by atoms with Crippen LogP contribution in [0.2, 0.25) is 0 Å². The maximum atomic E-state index is 2.69. The molecule has 0 aromatic heterocycles. The molecule has 1 saturated heterocycles. The number of hydrogen-bond donors (Lipinski definition) is 0. The molecule has 0 spiro atoms. The third-order valence-corrected chi connectivity index (χ3v) is 3.78. The molecular formula is C13H28N2. The van der Waals surface area contributed by atoms with Crippen molar-refractivity contribution in [1.29, 1.82) is 0 Å². The topological polar surface area (TPSA) is 6.48 Å². The normalized spacial score (nSPS) is 28.8. The summed E-state index contributed by atoms with van der Waals surface area (Å²) in [5.41, 5.74) is 0.435. The fraction of sp³-hybridized carbons (Fsp3) is 1.00. The third kappa shape index (κ3) is 3.18. The van der Waals surface area contributed by atoms with Crippen molar-refractivity contribution < 1.29 is 0 Å². The molecule has 2 nitrogen and oxygen atoms in total. The van der Waals surface area contributed by atoms with Crippen molar-refractivity contribution in [2.45, 2.75) is 58.9 Å². The van der Waals surface area contributed by atoms with Crippen LogP contribution in [0, 0.1) is 0 Å². The van der Waals surface area contributed by atoms with E-state index in [-0.39, 0.29) is 0 Å². The van der Waals surface area contributed by atoms with E-state index in [1.54, 1.807) is 0 Å². The van der Waals surface area contributed by atoms with Crippen LogP contribution >= 0.6 is 0 Å². The summed E-state index contributed by atoms with van der Waals surface area (Å²) >= 11 is 0. The van der Waals surface area contributed by atoms with E-state index in [4.69, 9.17) is 0 Å². The average molecular weight is 212 g/mol. The summed E-state index contributed by atoms with van der Waals surface area (Å²) in [6, 6.07) is 0. The number of hydrogen-bond acceptors (Lipinski definition) is 2. The van der Waals surface area contributed by atoms with Gasteiger partial charge in [-0.25, -0.2) is 0 Å². The molecule has 1 fully saturated rings. The highest BCUT2D eigenvalue weighted by Gasteiger charge is 2.38. The molecule has 0 aromatic rings. The zero-order valence-corrected chi connectivity index (χ0v) is 11.1. The molecule has 1 aliphatic rings. The van der Waals surface area contributed by atoms with Crippen LogP contribution in [-0.4, -0.2) is 41.6 Å². The lowest BCUT2D eigenvalue weighted by atomic mass is 9.98. The van der Waals surface area contributed by atoms with E-state index in [0.29, 0.717) is 5.54 Å². The molecular weight excluding hydrogens is 184 g/mol. The number of rotatable bonds is 6. The summed E-state index contributed by atoms with van der Waals surface area (Å²) in [4.78, 5) is 5.30. The largest absolute Gasteiger partial charge is 0.289 e. The molecule has 2 heteroatoms. The molecule has 15 heavy (non-hydrogen) atoms. The number of nitrogens with zero attached hydrogens (tertiary/aromatic N) is 2. The van der Waals surface area contributed by atoms with Crippen molar-refractivity contribution >= 4 is 0 Å². The molecule has 1 aliphatic heterocycles. The second kappa shape index (κ2) is 5.86. The van der Waals surface area contributed by atoms with E-state index in [9.17, 15) is 0 Å². The van der Waals surface area contributed by atoms with Gasteiger partial charge in [-0.15, -0.1) is 0 Å². The smallest absolute Gasteiger partial charge is 0.0512 e. The second-order valence-corrected chi connectivity index (χ2v) is 5.16. The molecule has 1 unspecified atom stereocenters. The van der Waals surface area contributed by atoms with Crippen LogP contribution in [0.3, 0.4) is 0 Å². The van der Waals surface area contributed by atoms with Gasteiger partial charge in [0.15, 0.2) is 0 Å². The Balaban J connectivity index is 2.51. The molecule has 90 valence electrons. The highest BCUT2D eigenvalue weighted by molar-refractivity contribution is 4.93. The number of unbranched alkanes of at least 4 members (excludes halogenated alkanes) is 1. The van der Waals surface area contributed by atoms with Crippen LogP contribution in [0.5, 0.6) is 0 Å². The summed E-state index contributed by atoms with van der Waals surface area (Å²) in [7, 11) is 0.